The van der Waals surface area contributed by atoms with Crippen molar-refractivity contribution in [1.29, 1.82) is 0 Å². The summed E-state index contributed by atoms with van der Waals surface area (Å²) in [6, 6.07) is 6.08. The number of nitrogens with zero attached hydrogens (tertiary/aromatic N) is 1. The molecule has 1 aromatic rings. The molecule has 0 aliphatic rings. The maximum absolute atomic E-state index is 11.4. The summed E-state index contributed by atoms with van der Waals surface area (Å²) in [5, 5.41) is 21.1. The Morgan fingerprint density at radius 2 is 1.94 bits per heavy atom. The monoisotopic (exact) mass is 250 g/mol. The molecule has 0 fully saturated rings. The molecule has 0 saturated carbocycles. The summed E-state index contributed by atoms with van der Waals surface area (Å²) >= 11 is 0. The molecule has 0 bridgehead atoms. The van der Waals surface area contributed by atoms with Gasteiger partial charge in [0.1, 0.15) is 5.78 Å². The zero-order valence-corrected chi connectivity index (χ0v) is 9.79. The van der Waals surface area contributed by atoms with E-state index in [4.69, 9.17) is 0 Å². The summed E-state index contributed by atoms with van der Waals surface area (Å²) in [6.07, 6.45) is -0.523. The lowest BCUT2D eigenvalue weighted by atomic mass is 9.94. The van der Waals surface area contributed by atoms with Crippen molar-refractivity contribution in [2.45, 2.75) is 19.8 Å². The zero-order chi connectivity index (χ0) is 13.7. The smallest absolute Gasteiger partial charge is 0.272 e. The standard InChI is InChI=1S/C12H13NO5/c1-8(11(14)7-12(15)16)6-9-4-2-3-5-10(9)13(17)18/h2-5,8H,6-7H2,1H3,(H,15,16)/p-1. The first-order valence-electron chi connectivity index (χ1n) is 5.36. The Labute approximate surface area is 103 Å². The fraction of sp³-hybridized carbons (Fsp3) is 0.333. The average molecular weight is 250 g/mol. The summed E-state index contributed by atoms with van der Waals surface area (Å²) in [5.74, 6) is -2.52. The molecule has 1 aromatic carbocycles. The fourth-order valence-electron chi connectivity index (χ4n) is 1.62. The average Bonchev–Trinajstić information content (AvgIpc) is 2.28. The van der Waals surface area contributed by atoms with Gasteiger partial charge in [0.15, 0.2) is 0 Å². The molecule has 1 atom stereocenters. The second kappa shape index (κ2) is 5.90. The van der Waals surface area contributed by atoms with E-state index in [9.17, 15) is 24.8 Å². The second-order valence-corrected chi connectivity index (χ2v) is 4.01. The lowest BCUT2D eigenvalue weighted by Gasteiger charge is -2.11. The maximum atomic E-state index is 11.4. The number of ketones is 1. The quantitative estimate of drug-likeness (QED) is 0.415. The first-order valence-corrected chi connectivity index (χ1v) is 5.36. The van der Waals surface area contributed by atoms with Gasteiger partial charge in [-0.3, -0.25) is 14.9 Å². The van der Waals surface area contributed by atoms with Crippen molar-refractivity contribution in [3.8, 4) is 0 Å². The number of carbonyl (C=O) groups is 2. The number of carbonyl (C=O) groups excluding carboxylic acids is 2. The molecular formula is C12H12NO5-. The van der Waals surface area contributed by atoms with Crippen LogP contribution in [0.4, 0.5) is 5.69 Å². The molecule has 6 heteroatoms. The topological polar surface area (TPSA) is 100 Å². The molecule has 0 spiro atoms. The van der Waals surface area contributed by atoms with Crippen LogP contribution in [0.25, 0.3) is 0 Å². The Hall–Kier alpha value is -2.24. The van der Waals surface area contributed by atoms with E-state index in [1.807, 2.05) is 0 Å². The van der Waals surface area contributed by atoms with Gasteiger partial charge in [-0.2, -0.15) is 0 Å². The van der Waals surface area contributed by atoms with Crippen molar-refractivity contribution in [2.24, 2.45) is 5.92 Å². The first-order chi connectivity index (χ1) is 8.41. The highest BCUT2D eigenvalue weighted by Gasteiger charge is 2.19. The molecule has 0 heterocycles. The Bertz CT molecular complexity index is 483. The lowest BCUT2D eigenvalue weighted by molar-refractivity contribution is -0.385. The summed E-state index contributed by atoms with van der Waals surface area (Å²) in [4.78, 5) is 32.0. The van der Waals surface area contributed by atoms with Crippen LogP contribution in [-0.4, -0.2) is 16.7 Å². The lowest BCUT2D eigenvalue weighted by Crippen LogP contribution is -2.28. The van der Waals surface area contributed by atoms with E-state index >= 15 is 0 Å². The summed E-state index contributed by atoms with van der Waals surface area (Å²) in [6.45, 7) is 1.54. The Morgan fingerprint density at radius 1 is 1.33 bits per heavy atom. The van der Waals surface area contributed by atoms with Crippen molar-refractivity contribution >= 4 is 17.4 Å². The van der Waals surface area contributed by atoms with Crippen LogP contribution in [0.5, 0.6) is 0 Å². The van der Waals surface area contributed by atoms with Crippen LogP contribution in [0.15, 0.2) is 24.3 Å². The van der Waals surface area contributed by atoms with E-state index < -0.39 is 29.0 Å². The highest BCUT2D eigenvalue weighted by atomic mass is 16.6. The fourth-order valence-corrected chi connectivity index (χ4v) is 1.62. The van der Waals surface area contributed by atoms with Crippen LogP contribution >= 0.6 is 0 Å². The van der Waals surface area contributed by atoms with E-state index in [0.29, 0.717) is 5.56 Å². The number of carboxylic acid groups (broad SMARTS) is 1. The number of hydrogen-bond acceptors (Lipinski definition) is 5. The van der Waals surface area contributed by atoms with Gasteiger partial charge in [0.25, 0.3) is 5.69 Å². The molecule has 96 valence electrons. The molecule has 0 saturated heterocycles. The molecule has 0 N–H and O–H groups in total. The van der Waals surface area contributed by atoms with Crippen molar-refractivity contribution in [3.63, 3.8) is 0 Å². The van der Waals surface area contributed by atoms with Crippen LogP contribution in [0, 0.1) is 16.0 Å². The molecule has 1 unspecified atom stereocenters. The number of para-hydroxylation sites is 1. The number of hydrogen-bond donors (Lipinski definition) is 0. The molecule has 0 aliphatic carbocycles. The van der Waals surface area contributed by atoms with Gasteiger partial charge < -0.3 is 9.90 Å². The normalized spacial score (nSPS) is 11.8. The van der Waals surface area contributed by atoms with E-state index in [1.54, 1.807) is 19.1 Å². The van der Waals surface area contributed by atoms with Crippen molar-refractivity contribution < 1.29 is 19.6 Å². The van der Waals surface area contributed by atoms with E-state index in [-0.39, 0.29) is 12.1 Å². The van der Waals surface area contributed by atoms with Crippen molar-refractivity contribution in [1.82, 2.24) is 0 Å². The van der Waals surface area contributed by atoms with Gasteiger partial charge in [-0.15, -0.1) is 0 Å². The van der Waals surface area contributed by atoms with E-state index in [1.165, 1.54) is 12.1 Å². The molecule has 0 aromatic heterocycles. The van der Waals surface area contributed by atoms with Crippen LogP contribution in [0.3, 0.4) is 0 Å². The Balaban J connectivity index is 2.81. The summed E-state index contributed by atoms with van der Waals surface area (Å²) < 4.78 is 0. The van der Waals surface area contributed by atoms with E-state index in [0.717, 1.165) is 0 Å². The minimum Gasteiger partial charge on any atom is -0.550 e. The Morgan fingerprint density at radius 3 is 2.50 bits per heavy atom. The highest BCUT2D eigenvalue weighted by molar-refractivity contribution is 5.95. The molecule has 18 heavy (non-hydrogen) atoms. The van der Waals surface area contributed by atoms with Crippen LogP contribution in [-0.2, 0) is 16.0 Å². The minimum absolute atomic E-state index is 0.0643. The third-order valence-electron chi connectivity index (χ3n) is 2.58. The van der Waals surface area contributed by atoms with Gasteiger partial charge in [0.2, 0.25) is 0 Å². The summed E-state index contributed by atoms with van der Waals surface area (Å²) in [7, 11) is 0. The van der Waals surface area contributed by atoms with Gasteiger partial charge in [-0.1, -0.05) is 25.1 Å². The minimum atomic E-state index is -1.44. The Kier molecular flexibility index (Phi) is 4.53. The maximum Gasteiger partial charge on any atom is 0.272 e. The third-order valence-corrected chi connectivity index (χ3v) is 2.58. The van der Waals surface area contributed by atoms with Crippen LogP contribution in [0.2, 0.25) is 0 Å². The van der Waals surface area contributed by atoms with Gasteiger partial charge in [-0.25, -0.2) is 0 Å². The second-order valence-electron chi connectivity index (χ2n) is 4.01. The molecule has 0 aliphatic heterocycles. The van der Waals surface area contributed by atoms with Gasteiger partial charge in [-0.05, 0) is 6.42 Å². The number of Topliss-reactive ketones (excluding diaryl/α,β-unsaturated/α-hetero) is 1. The molecular weight excluding hydrogens is 238 g/mol. The van der Waals surface area contributed by atoms with Crippen LogP contribution in [0.1, 0.15) is 18.9 Å². The number of nitro benzene ring substituents is 1. The third kappa shape index (κ3) is 3.65. The predicted octanol–water partition coefficient (Wildman–Crippen LogP) is 0.482. The zero-order valence-electron chi connectivity index (χ0n) is 9.79. The summed E-state index contributed by atoms with van der Waals surface area (Å²) in [5.41, 5.74) is 0.354. The molecule has 0 amide bonds. The van der Waals surface area contributed by atoms with Gasteiger partial charge in [0, 0.05) is 29.9 Å². The number of rotatable bonds is 6. The van der Waals surface area contributed by atoms with Crippen molar-refractivity contribution in [3.05, 3.63) is 39.9 Å². The van der Waals surface area contributed by atoms with Gasteiger partial charge in [0.05, 0.1) is 4.92 Å². The SMILES string of the molecule is CC(Cc1ccccc1[N+](=O)[O-])C(=O)CC(=O)[O-]. The molecule has 6 nitrogen and oxygen atoms in total. The number of aliphatic carboxylic acids is 1. The number of carboxylic acids is 1. The first kappa shape index (κ1) is 13.8. The molecule has 1 rings (SSSR count). The van der Waals surface area contributed by atoms with Crippen molar-refractivity contribution in [2.75, 3.05) is 0 Å². The number of nitro groups is 1. The number of benzene rings is 1. The van der Waals surface area contributed by atoms with E-state index in [2.05, 4.69) is 0 Å². The predicted molar refractivity (Wildman–Crippen MR) is 60.6 cm³/mol. The largest absolute Gasteiger partial charge is 0.550 e. The van der Waals surface area contributed by atoms with Gasteiger partial charge >= 0.3 is 0 Å². The highest BCUT2D eigenvalue weighted by Crippen LogP contribution is 2.21. The molecule has 0 radical (unpaired) electrons. The van der Waals surface area contributed by atoms with Crippen LogP contribution < -0.4 is 5.11 Å².